The van der Waals surface area contributed by atoms with Crippen molar-refractivity contribution in [1.29, 1.82) is 0 Å². The van der Waals surface area contributed by atoms with Crippen LogP contribution >= 0.6 is 0 Å². The topological polar surface area (TPSA) is 53.6 Å². The molecule has 0 saturated carbocycles. The van der Waals surface area contributed by atoms with Gasteiger partial charge in [0, 0.05) is 11.5 Å². The largest absolute Gasteiger partial charge is 0.492 e. The SMILES string of the molecule is COC(=O)c1cc2oc3ccccc3c2n1CCOc1ccccc1. The van der Waals surface area contributed by atoms with Gasteiger partial charge in [-0.05, 0) is 24.3 Å². The summed E-state index contributed by atoms with van der Waals surface area (Å²) in [5.41, 5.74) is 2.80. The van der Waals surface area contributed by atoms with Crippen LogP contribution in [0.2, 0.25) is 0 Å². The molecule has 0 spiro atoms. The summed E-state index contributed by atoms with van der Waals surface area (Å²) in [6, 6.07) is 19.1. The number of esters is 1. The minimum Gasteiger partial charge on any atom is -0.492 e. The molecule has 0 atom stereocenters. The van der Waals surface area contributed by atoms with E-state index in [0.29, 0.717) is 24.4 Å². The van der Waals surface area contributed by atoms with Crippen molar-refractivity contribution in [1.82, 2.24) is 4.57 Å². The van der Waals surface area contributed by atoms with Crippen LogP contribution in [0, 0.1) is 0 Å². The van der Waals surface area contributed by atoms with Gasteiger partial charge in [0.15, 0.2) is 5.58 Å². The molecule has 0 bridgehead atoms. The zero-order chi connectivity index (χ0) is 17.2. The van der Waals surface area contributed by atoms with Gasteiger partial charge in [-0.3, -0.25) is 0 Å². The van der Waals surface area contributed by atoms with Crippen molar-refractivity contribution in [3.63, 3.8) is 0 Å². The van der Waals surface area contributed by atoms with Gasteiger partial charge in [0.1, 0.15) is 23.6 Å². The highest BCUT2D eigenvalue weighted by atomic mass is 16.5. The Morgan fingerprint density at radius 3 is 2.60 bits per heavy atom. The number of furan rings is 1. The lowest BCUT2D eigenvalue weighted by molar-refractivity contribution is 0.0588. The van der Waals surface area contributed by atoms with Gasteiger partial charge < -0.3 is 18.5 Å². The molecule has 25 heavy (non-hydrogen) atoms. The Balaban J connectivity index is 1.72. The number of hydrogen-bond donors (Lipinski definition) is 0. The van der Waals surface area contributed by atoms with Gasteiger partial charge in [0.25, 0.3) is 0 Å². The molecule has 0 aliphatic rings. The maximum atomic E-state index is 12.1. The van der Waals surface area contributed by atoms with Crippen LogP contribution in [0.15, 0.2) is 65.1 Å². The summed E-state index contributed by atoms with van der Waals surface area (Å²) < 4.78 is 18.5. The van der Waals surface area contributed by atoms with E-state index in [1.54, 1.807) is 6.07 Å². The fourth-order valence-corrected chi connectivity index (χ4v) is 3.03. The van der Waals surface area contributed by atoms with Gasteiger partial charge in [0.05, 0.1) is 19.2 Å². The first kappa shape index (κ1) is 15.3. The van der Waals surface area contributed by atoms with E-state index in [2.05, 4.69) is 0 Å². The average molecular weight is 335 g/mol. The lowest BCUT2D eigenvalue weighted by atomic mass is 10.2. The van der Waals surface area contributed by atoms with E-state index in [9.17, 15) is 4.79 Å². The van der Waals surface area contributed by atoms with E-state index in [4.69, 9.17) is 13.9 Å². The fourth-order valence-electron chi connectivity index (χ4n) is 3.03. The summed E-state index contributed by atoms with van der Waals surface area (Å²) in [6.07, 6.45) is 0. The second-order valence-corrected chi connectivity index (χ2v) is 5.65. The molecule has 0 N–H and O–H groups in total. The van der Waals surface area contributed by atoms with Crippen LogP contribution in [0.4, 0.5) is 0 Å². The van der Waals surface area contributed by atoms with Crippen LogP contribution in [0.3, 0.4) is 0 Å². The minimum atomic E-state index is -0.393. The van der Waals surface area contributed by atoms with Crippen LogP contribution in [0.5, 0.6) is 5.75 Å². The predicted octanol–water partition coefficient (Wildman–Crippen LogP) is 4.25. The molecule has 126 valence electrons. The number of ether oxygens (including phenoxy) is 2. The smallest absolute Gasteiger partial charge is 0.354 e. The number of carbonyl (C=O) groups is 1. The number of para-hydroxylation sites is 2. The molecule has 0 aliphatic heterocycles. The summed E-state index contributed by atoms with van der Waals surface area (Å²) in [4.78, 5) is 12.1. The van der Waals surface area contributed by atoms with Crippen molar-refractivity contribution >= 4 is 28.0 Å². The standard InChI is InChI=1S/C20H17NO4/c1-23-20(22)16-13-18-19(15-9-5-6-10-17(15)25-18)21(16)11-12-24-14-7-3-2-4-8-14/h2-10,13H,11-12H2,1H3. The predicted molar refractivity (Wildman–Crippen MR) is 95.0 cm³/mol. The molecule has 2 heterocycles. The van der Waals surface area contributed by atoms with Gasteiger partial charge in [-0.1, -0.05) is 30.3 Å². The molecule has 0 saturated heterocycles. The third-order valence-electron chi connectivity index (χ3n) is 4.15. The van der Waals surface area contributed by atoms with Gasteiger partial charge >= 0.3 is 5.97 Å². The molecule has 0 amide bonds. The Kier molecular flexibility index (Phi) is 3.90. The number of nitrogens with zero attached hydrogens (tertiary/aromatic N) is 1. The minimum absolute atomic E-state index is 0.393. The Morgan fingerprint density at radius 2 is 1.80 bits per heavy atom. The number of methoxy groups -OCH3 is 1. The van der Waals surface area contributed by atoms with Crippen molar-refractivity contribution in [2.75, 3.05) is 13.7 Å². The summed E-state index contributed by atoms with van der Waals surface area (Å²) >= 11 is 0. The molecule has 0 aliphatic carbocycles. The highest BCUT2D eigenvalue weighted by Crippen LogP contribution is 2.31. The van der Waals surface area contributed by atoms with E-state index in [0.717, 1.165) is 22.2 Å². The van der Waals surface area contributed by atoms with Crippen LogP contribution < -0.4 is 4.74 Å². The molecule has 0 unspecified atom stereocenters. The average Bonchev–Trinajstić information content (AvgIpc) is 3.18. The van der Waals surface area contributed by atoms with Crippen LogP contribution in [-0.2, 0) is 11.3 Å². The van der Waals surface area contributed by atoms with Crippen molar-refractivity contribution in [3.8, 4) is 5.75 Å². The number of rotatable bonds is 5. The lowest BCUT2D eigenvalue weighted by Gasteiger charge is -2.10. The second kappa shape index (κ2) is 6.36. The normalized spacial score (nSPS) is 11.1. The molecular weight excluding hydrogens is 318 g/mol. The van der Waals surface area contributed by atoms with E-state index >= 15 is 0 Å². The lowest BCUT2D eigenvalue weighted by Crippen LogP contribution is -2.15. The van der Waals surface area contributed by atoms with Gasteiger partial charge in [0.2, 0.25) is 0 Å². The Labute approximate surface area is 144 Å². The quantitative estimate of drug-likeness (QED) is 0.512. The summed E-state index contributed by atoms with van der Waals surface area (Å²) in [6.45, 7) is 0.934. The first-order chi connectivity index (χ1) is 12.3. The summed E-state index contributed by atoms with van der Waals surface area (Å²) in [5, 5.41) is 0.965. The number of carbonyl (C=O) groups excluding carboxylic acids is 1. The van der Waals surface area contributed by atoms with Crippen LogP contribution in [-0.4, -0.2) is 24.3 Å². The zero-order valence-corrected chi connectivity index (χ0v) is 13.8. The van der Waals surface area contributed by atoms with Crippen molar-refractivity contribution in [3.05, 3.63) is 66.4 Å². The molecular formula is C20H17NO4. The van der Waals surface area contributed by atoms with Gasteiger partial charge in [-0.25, -0.2) is 4.79 Å². The fraction of sp³-hybridized carbons (Fsp3) is 0.150. The van der Waals surface area contributed by atoms with E-state index in [1.807, 2.05) is 59.2 Å². The molecule has 2 aromatic heterocycles. The first-order valence-electron chi connectivity index (χ1n) is 8.05. The number of benzene rings is 2. The third-order valence-corrected chi connectivity index (χ3v) is 4.15. The van der Waals surface area contributed by atoms with Crippen LogP contribution in [0.1, 0.15) is 10.5 Å². The molecule has 0 radical (unpaired) electrons. The zero-order valence-electron chi connectivity index (χ0n) is 13.8. The molecule has 4 aromatic rings. The monoisotopic (exact) mass is 335 g/mol. The third kappa shape index (κ3) is 2.74. The van der Waals surface area contributed by atoms with Crippen LogP contribution in [0.25, 0.3) is 22.1 Å². The molecule has 4 rings (SSSR count). The van der Waals surface area contributed by atoms with E-state index in [-0.39, 0.29) is 0 Å². The maximum absolute atomic E-state index is 12.1. The number of hydrogen-bond acceptors (Lipinski definition) is 4. The molecule has 2 aromatic carbocycles. The first-order valence-corrected chi connectivity index (χ1v) is 8.05. The van der Waals surface area contributed by atoms with Gasteiger partial charge in [-0.15, -0.1) is 0 Å². The molecule has 5 nitrogen and oxygen atoms in total. The summed E-state index contributed by atoms with van der Waals surface area (Å²) in [7, 11) is 1.38. The Bertz CT molecular complexity index is 1030. The number of aromatic nitrogens is 1. The molecule has 0 fully saturated rings. The second-order valence-electron chi connectivity index (χ2n) is 5.65. The van der Waals surface area contributed by atoms with Gasteiger partial charge in [-0.2, -0.15) is 0 Å². The maximum Gasteiger partial charge on any atom is 0.354 e. The van der Waals surface area contributed by atoms with Crippen molar-refractivity contribution < 1.29 is 18.7 Å². The van der Waals surface area contributed by atoms with E-state index < -0.39 is 5.97 Å². The van der Waals surface area contributed by atoms with Crippen molar-refractivity contribution in [2.24, 2.45) is 0 Å². The number of fused-ring (bicyclic) bond motifs is 3. The highest BCUT2D eigenvalue weighted by molar-refractivity contribution is 6.06. The Hall–Kier alpha value is -3.21. The van der Waals surface area contributed by atoms with E-state index in [1.165, 1.54) is 7.11 Å². The molecule has 5 heteroatoms. The summed E-state index contributed by atoms with van der Waals surface area (Å²) in [5.74, 6) is 0.401. The highest BCUT2D eigenvalue weighted by Gasteiger charge is 2.20. The Morgan fingerprint density at radius 1 is 1.04 bits per heavy atom. The van der Waals surface area contributed by atoms with Crippen molar-refractivity contribution in [2.45, 2.75) is 6.54 Å².